The third-order valence-electron chi connectivity index (χ3n) is 7.04. The fraction of sp³-hybridized carbons (Fsp3) is 0.167. The zero-order chi connectivity index (χ0) is 29.5. The number of hydrogen-bond acceptors (Lipinski definition) is 9. The van der Waals surface area contributed by atoms with Crippen LogP contribution in [0.25, 0.3) is 11.4 Å². The number of ketones is 1. The summed E-state index contributed by atoms with van der Waals surface area (Å²) >= 11 is 8.65. The molecule has 3 aromatic heterocycles. The first-order valence-electron chi connectivity index (χ1n) is 12.9. The molecule has 42 heavy (non-hydrogen) atoms. The molecule has 0 bridgehead atoms. The number of nitrogens with zero attached hydrogens (tertiary/aromatic N) is 5. The molecule has 4 heterocycles. The van der Waals surface area contributed by atoms with Crippen LogP contribution in [-0.4, -0.2) is 43.5 Å². The molecule has 0 radical (unpaired) electrons. The SMILES string of the molecule is COc1cccc(C2C(=C(O)c3nc4c(C)cccn4c3C)C(=O)C(=O)N2c2nnc(SCc3ccc(Cl)cc3)s2)c1. The maximum absolute atomic E-state index is 13.6. The number of aryl methyl sites for hydroxylation is 2. The Morgan fingerprint density at radius 1 is 1.10 bits per heavy atom. The van der Waals surface area contributed by atoms with Crippen molar-refractivity contribution in [3.8, 4) is 5.75 Å². The van der Waals surface area contributed by atoms with Gasteiger partial charge in [-0.15, -0.1) is 10.2 Å². The molecule has 1 aliphatic heterocycles. The molecule has 1 amide bonds. The smallest absolute Gasteiger partial charge is 0.301 e. The molecule has 0 aliphatic carbocycles. The number of thioether (sulfide) groups is 1. The molecular weight excluding hydrogens is 594 g/mol. The van der Waals surface area contributed by atoms with E-state index in [1.54, 1.807) is 31.2 Å². The van der Waals surface area contributed by atoms with Gasteiger partial charge in [-0.25, -0.2) is 4.98 Å². The average Bonchev–Trinajstić information content (AvgIpc) is 3.68. The number of aromatic nitrogens is 4. The number of methoxy groups -OCH3 is 1. The lowest BCUT2D eigenvalue weighted by Crippen LogP contribution is -2.29. The van der Waals surface area contributed by atoms with Crippen LogP contribution >= 0.6 is 34.7 Å². The van der Waals surface area contributed by atoms with Crippen LogP contribution in [0.1, 0.15) is 34.1 Å². The van der Waals surface area contributed by atoms with E-state index in [9.17, 15) is 14.7 Å². The minimum absolute atomic E-state index is 0.0806. The molecule has 12 heteroatoms. The largest absolute Gasteiger partial charge is 0.505 e. The highest BCUT2D eigenvalue weighted by atomic mass is 35.5. The van der Waals surface area contributed by atoms with Crippen LogP contribution < -0.4 is 9.64 Å². The molecule has 1 saturated heterocycles. The topological polar surface area (TPSA) is 110 Å². The maximum Gasteiger partial charge on any atom is 0.301 e. The Morgan fingerprint density at radius 2 is 1.88 bits per heavy atom. The first-order chi connectivity index (χ1) is 20.3. The summed E-state index contributed by atoms with van der Waals surface area (Å²) < 4.78 is 7.89. The molecule has 1 unspecified atom stereocenters. The number of amides is 1. The summed E-state index contributed by atoms with van der Waals surface area (Å²) in [6.45, 7) is 3.72. The van der Waals surface area contributed by atoms with Crippen molar-refractivity contribution in [1.82, 2.24) is 19.6 Å². The van der Waals surface area contributed by atoms with E-state index in [1.807, 2.05) is 53.9 Å². The lowest BCUT2D eigenvalue weighted by atomic mass is 9.96. The number of carbonyl (C=O) groups excluding carboxylic acids is 2. The van der Waals surface area contributed by atoms with E-state index in [0.29, 0.717) is 37.8 Å². The molecule has 1 atom stereocenters. The van der Waals surface area contributed by atoms with Gasteiger partial charge in [0.05, 0.1) is 24.4 Å². The van der Waals surface area contributed by atoms with E-state index in [4.69, 9.17) is 16.3 Å². The predicted molar refractivity (Wildman–Crippen MR) is 163 cm³/mol. The Kier molecular flexibility index (Phi) is 7.48. The highest BCUT2D eigenvalue weighted by molar-refractivity contribution is 8.00. The average molecular weight is 618 g/mol. The van der Waals surface area contributed by atoms with Crippen molar-refractivity contribution < 1.29 is 19.4 Å². The van der Waals surface area contributed by atoms with Crippen molar-refractivity contribution >= 4 is 62.9 Å². The molecular formula is C30H24ClN5O4S2. The highest BCUT2D eigenvalue weighted by Crippen LogP contribution is 2.45. The van der Waals surface area contributed by atoms with Gasteiger partial charge in [-0.3, -0.25) is 14.5 Å². The second kappa shape index (κ2) is 11.2. The van der Waals surface area contributed by atoms with Gasteiger partial charge in [0, 0.05) is 17.0 Å². The summed E-state index contributed by atoms with van der Waals surface area (Å²) in [6, 6.07) is 17.4. The molecule has 6 rings (SSSR count). The third-order valence-corrected chi connectivity index (χ3v) is 9.42. The molecule has 0 saturated carbocycles. The lowest BCUT2D eigenvalue weighted by molar-refractivity contribution is -0.132. The zero-order valence-corrected chi connectivity index (χ0v) is 25.1. The van der Waals surface area contributed by atoms with Gasteiger partial charge in [0.15, 0.2) is 10.1 Å². The molecule has 9 nitrogen and oxygen atoms in total. The highest BCUT2D eigenvalue weighted by Gasteiger charge is 2.49. The summed E-state index contributed by atoms with van der Waals surface area (Å²) in [5.41, 5.74) is 3.96. The Bertz CT molecular complexity index is 1880. The van der Waals surface area contributed by atoms with Crippen molar-refractivity contribution in [1.29, 1.82) is 0 Å². The molecule has 0 spiro atoms. The standard InChI is InChI=1S/C30H24ClN5O4S2/c1-16-6-5-13-35-17(2)23(32-27(16)35)25(37)22-24(19-7-4-8-21(14-19)40-3)36(28(39)26(22)38)29-33-34-30(42-29)41-15-18-9-11-20(31)12-10-18/h4-14,24,37H,15H2,1-3H3. The zero-order valence-electron chi connectivity index (χ0n) is 22.7. The number of fused-ring (bicyclic) bond motifs is 1. The van der Waals surface area contributed by atoms with E-state index < -0.39 is 17.7 Å². The van der Waals surface area contributed by atoms with E-state index in [1.165, 1.54) is 35.1 Å². The molecule has 212 valence electrons. The van der Waals surface area contributed by atoms with Gasteiger partial charge < -0.3 is 14.2 Å². The molecule has 1 fully saturated rings. The van der Waals surface area contributed by atoms with Crippen molar-refractivity contribution in [2.45, 2.75) is 30.0 Å². The number of anilines is 1. The fourth-order valence-electron chi connectivity index (χ4n) is 4.91. The minimum Gasteiger partial charge on any atom is -0.505 e. The second-order valence-electron chi connectivity index (χ2n) is 9.64. The van der Waals surface area contributed by atoms with E-state index in [-0.39, 0.29) is 22.2 Å². The van der Waals surface area contributed by atoms with Crippen LogP contribution in [0.3, 0.4) is 0 Å². The number of carbonyl (C=O) groups is 2. The third kappa shape index (κ3) is 4.93. The number of pyridine rings is 1. The van der Waals surface area contributed by atoms with Crippen LogP contribution in [0, 0.1) is 13.8 Å². The van der Waals surface area contributed by atoms with Gasteiger partial charge in [0.2, 0.25) is 5.13 Å². The van der Waals surface area contributed by atoms with Crippen molar-refractivity contribution in [2.75, 3.05) is 12.0 Å². The number of ether oxygens (including phenoxy) is 1. The van der Waals surface area contributed by atoms with E-state index >= 15 is 0 Å². The molecule has 1 N–H and O–H groups in total. The van der Waals surface area contributed by atoms with Crippen LogP contribution in [0.2, 0.25) is 5.02 Å². The Balaban J connectivity index is 1.44. The van der Waals surface area contributed by atoms with Gasteiger partial charge in [-0.1, -0.05) is 65.0 Å². The van der Waals surface area contributed by atoms with Crippen molar-refractivity contribution in [2.24, 2.45) is 0 Å². The normalized spacial score (nSPS) is 16.5. The number of halogens is 1. The number of hydrogen-bond donors (Lipinski definition) is 1. The van der Waals surface area contributed by atoms with Crippen LogP contribution in [0.4, 0.5) is 5.13 Å². The number of aliphatic hydroxyl groups excluding tert-OH is 1. The summed E-state index contributed by atoms with van der Waals surface area (Å²) in [5.74, 6) is -0.845. The van der Waals surface area contributed by atoms with E-state index in [0.717, 1.165) is 11.1 Å². The molecule has 1 aliphatic rings. The van der Waals surface area contributed by atoms with Crippen molar-refractivity contribution in [3.63, 3.8) is 0 Å². The number of imidazole rings is 1. The second-order valence-corrected chi connectivity index (χ2v) is 12.3. The van der Waals surface area contributed by atoms with Gasteiger partial charge >= 0.3 is 5.91 Å². The quantitative estimate of drug-likeness (QED) is 0.0736. The molecule has 5 aromatic rings. The van der Waals surface area contributed by atoms with Gasteiger partial charge in [0.25, 0.3) is 5.78 Å². The minimum atomic E-state index is -0.979. The lowest BCUT2D eigenvalue weighted by Gasteiger charge is -2.22. The first-order valence-corrected chi connectivity index (χ1v) is 15.0. The predicted octanol–water partition coefficient (Wildman–Crippen LogP) is 6.38. The maximum atomic E-state index is 13.6. The van der Waals surface area contributed by atoms with Crippen molar-refractivity contribution in [3.05, 3.63) is 106 Å². The Hall–Kier alpha value is -4.19. The van der Waals surface area contributed by atoms with Crippen LogP contribution in [-0.2, 0) is 15.3 Å². The van der Waals surface area contributed by atoms with Gasteiger partial charge in [-0.2, -0.15) is 0 Å². The van der Waals surface area contributed by atoms with Crippen LogP contribution in [0.5, 0.6) is 5.75 Å². The fourth-order valence-corrected chi connectivity index (χ4v) is 6.86. The first kappa shape index (κ1) is 28.0. The Labute approximate surface area is 254 Å². The van der Waals surface area contributed by atoms with E-state index in [2.05, 4.69) is 15.2 Å². The monoisotopic (exact) mass is 617 g/mol. The van der Waals surface area contributed by atoms with Gasteiger partial charge in [0.1, 0.15) is 17.1 Å². The number of rotatable bonds is 7. The molecule has 2 aromatic carbocycles. The van der Waals surface area contributed by atoms with Crippen LogP contribution in [0.15, 0.2) is 76.8 Å². The summed E-state index contributed by atoms with van der Waals surface area (Å²) in [6.07, 6.45) is 1.84. The Morgan fingerprint density at radius 3 is 2.62 bits per heavy atom. The summed E-state index contributed by atoms with van der Waals surface area (Å²) in [5, 5.41) is 21.1. The summed E-state index contributed by atoms with van der Waals surface area (Å²) in [4.78, 5) is 33.2. The number of Topliss-reactive ketones (excluding diaryl/α,β-unsaturated/α-hetero) is 1. The number of benzene rings is 2. The summed E-state index contributed by atoms with van der Waals surface area (Å²) in [7, 11) is 1.54. The number of aliphatic hydroxyl groups is 1. The van der Waals surface area contributed by atoms with Gasteiger partial charge in [-0.05, 0) is 60.9 Å².